The molecule has 0 aliphatic rings. The summed E-state index contributed by atoms with van der Waals surface area (Å²) in [5.41, 5.74) is 4.33. The number of halogens is 2. The van der Waals surface area contributed by atoms with Gasteiger partial charge in [0.25, 0.3) is 0 Å². The van der Waals surface area contributed by atoms with E-state index in [1.165, 1.54) is 5.56 Å². The van der Waals surface area contributed by atoms with E-state index in [-0.39, 0.29) is 0 Å². The molecule has 0 amide bonds. The van der Waals surface area contributed by atoms with Crippen LogP contribution in [-0.2, 0) is 0 Å². The molecule has 0 spiro atoms. The Balaban J connectivity index is 2.30. The number of H-pyrrole nitrogens is 1. The number of nitrogens with one attached hydrogen (secondary N) is 1. The van der Waals surface area contributed by atoms with Gasteiger partial charge in [0.2, 0.25) is 0 Å². The lowest BCUT2D eigenvalue weighted by Crippen LogP contribution is -2.00. The largest absolute Gasteiger partial charge is 0.336 e. The predicted molar refractivity (Wildman–Crippen MR) is 96.5 cm³/mol. The topological polar surface area (TPSA) is 20.7 Å². The number of aromatic nitrogens is 2. The number of nitrogens with zero attached hydrogens (tertiary/aromatic N) is 1. The Bertz CT molecular complexity index is 827. The fourth-order valence-electron chi connectivity index (χ4n) is 2.32. The highest BCUT2D eigenvalue weighted by Crippen LogP contribution is 2.34. The summed E-state index contributed by atoms with van der Waals surface area (Å²) in [5.74, 6) is 0. The zero-order valence-corrected chi connectivity index (χ0v) is 15.2. The lowest BCUT2D eigenvalue weighted by Gasteiger charge is -2.13. The highest BCUT2D eigenvalue weighted by Gasteiger charge is 2.14. The van der Waals surface area contributed by atoms with Gasteiger partial charge in [0.05, 0.1) is 11.4 Å². The minimum atomic E-state index is 0.666. The van der Waals surface area contributed by atoms with E-state index in [9.17, 15) is 0 Å². The molecule has 1 aromatic heterocycles. The first kappa shape index (κ1) is 14.8. The van der Waals surface area contributed by atoms with Crippen molar-refractivity contribution < 1.29 is 0 Å². The summed E-state index contributed by atoms with van der Waals surface area (Å²) in [7, 11) is 0. The average molecular weight is 424 g/mol. The van der Waals surface area contributed by atoms with Crippen molar-refractivity contribution in [2.24, 2.45) is 0 Å². The van der Waals surface area contributed by atoms with Crippen molar-refractivity contribution in [1.29, 1.82) is 0 Å². The van der Waals surface area contributed by atoms with Crippen molar-refractivity contribution in [3.05, 3.63) is 67.9 Å². The van der Waals surface area contributed by atoms with E-state index >= 15 is 0 Å². The predicted octanol–water partition coefficient (Wildman–Crippen LogP) is 6.04. The Morgan fingerprint density at radius 2 is 1.67 bits per heavy atom. The van der Waals surface area contributed by atoms with Crippen molar-refractivity contribution in [3.63, 3.8) is 0 Å². The lowest BCUT2D eigenvalue weighted by atomic mass is 10.1. The van der Waals surface area contributed by atoms with E-state index in [0.717, 1.165) is 25.9 Å². The van der Waals surface area contributed by atoms with E-state index in [1.54, 1.807) is 0 Å². The molecule has 1 heterocycles. The molecule has 2 nitrogen and oxygen atoms in total. The van der Waals surface area contributed by atoms with Crippen molar-refractivity contribution in [2.45, 2.75) is 6.92 Å². The Kier molecular flexibility index (Phi) is 4.15. The minimum Gasteiger partial charge on any atom is -0.336 e. The number of imidazole rings is 1. The van der Waals surface area contributed by atoms with Crippen LogP contribution in [0.5, 0.6) is 0 Å². The van der Waals surface area contributed by atoms with Gasteiger partial charge in [0, 0.05) is 20.7 Å². The van der Waals surface area contributed by atoms with Gasteiger partial charge in [-0.2, -0.15) is 0 Å². The summed E-state index contributed by atoms with van der Waals surface area (Å²) < 4.78 is 4.71. The van der Waals surface area contributed by atoms with Crippen LogP contribution in [0.2, 0.25) is 0 Å². The van der Waals surface area contributed by atoms with Crippen molar-refractivity contribution >= 4 is 44.1 Å². The van der Waals surface area contributed by atoms with Gasteiger partial charge in [-0.15, -0.1) is 0 Å². The molecule has 0 aliphatic heterocycles. The first-order valence-electron chi connectivity index (χ1n) is 6.40. The number of aryl methyl sites for hydroxylation is 1. The van der Waals surface area contributed by atoms with Crippen molar-refractivity contribution in [1.82, 2.24) is 9.55 Å². The van der Waals surface area contributed by atoms with E-state index in [2.05, 4.69) is 68.0 Å². The Labute approximate surface area is 145 Å². The Hall–Kier alpha value is -1.17. The summed E-state index contributed by atoms with van der Waals surface area (Å²) in [6.45, 7) is 2.06. The van der Waals surface area contributed by atoms with Gasteiger partial charge < -0.3 is 4.98 Å². The van der Waals surface area contributed by atoms with Crippen LogP contribution in [0.4, 0.5) is 0 Å². The van der Waals surface area contributed by atoms with Gasteiger partial charge in [-0.1, -0.05) is 30.3 Å². The number of rotatable bonds is 2. The molecule has 0 bridgehead atoms. The second kappa shape index (κ2) is 5.91. The zero-order chi connectivity index (χ0) is 15.0. The molecular formula is C16H12Br2N2S. The molecule has 5 heteroatoms. The molecule has 0 fully saturated rings. The monoisotopic (exact) mass is 422 g/mol. The van der Waals surface area contributed by atoms with E-state index < -0.39 is 0 Å². The third kappa shape index (κ3) is 2.78. The maximum Gasteiger partial charge on any atom is 0.182 e. The fourth-order valence-corrected chi connectivity index (χ4v) is 4.34. The average Bonchev–Trinajstić information content (AvgIpc) is 2.81. The summed E-state index contributed by atoms with van der Waals surface area (Å²) in [5, 5.41) is 0. The highest BCUT2D eigenvalue weighted by atomic mass is 79.9. The lowest BCUT2D eigenvalue weighted by molar-refractivity contribution is 1.02. The second-order valence-corrected chi connectivity index (χ2v) is 6.85. The van der Waals surface area contributed by atoms with Gasteiger partial charge in [0.15, 0.2) is 4.77 Å². The molecule has 0 aliphatic carbocycles. The van der Waals surface area contributed by atoms with Crippen LogP contribution < -0.4 is 0 Å². The summed E-state index contributed by atoms with van der Waals surface area (Å²) in [6.07, 6.45) is 1.94. The van der Waals surface area contributed by atoms with Gasteiger partial charge in [-0.25, -0.2) is 0 Å². The third-order valence-corrected chi connectivity index (χ3v) is 4.74. The molecule has 0 saturated carbocycles. The Morgan fingerprint density at radius 1 is 1.05 bits per heavy atom. The second-order valence-electron chi connectivity index (χ2n) is 4.76. The van der Waals surface area contributed by atoms with E-state index in [0.29, 0.717) is 4.77 Å². The number of hydrogen-bond acceptors (Lipinski definition) is 1. The molecule has 0 unspecified atom stereocenters. The van der Waals surface area contributed by atoms with Crippen molar-refractivity contribution in [2.75, 3.05) is 0 Å². The van der Waals surface area contributed by atoms with Crippen LogP contribution in [0.1, 0.15) is 5.56 Å². The van der Waals surface area contributed by atoms with Crippen molar-refractivity contribution in [3.8, 4) is 16.9 Å². The maximum absolute atomic E-state index is 5.47. The summed E-state index contributed by atoms with van der Waals surface area (Å²) in [6, 6.07) is 14.4. The minimum absolute atomic E-state index is 0.666. The molecule has 3 rings (SSSR count). The van der Waals surface area contributed by atoms with Gasteiger partial charge in [0.1, 0.15) is 0 Å². The molecule has 2 aromatic carbocycles. The number of benzene rings is 2. The molecule has 3 aromatic rings. The normalized spacial score (nSPS) is 10.8. The highest BCUT2D eigenvalue weighted by molar-refractivity contribution is 9.11. The van der Waals surface area contributed by atoms with Crippen LogP contribution in [0.25, 0.3) is 16.9 Å². The summed E-state index contributed by atoms with van der Waals surface area (Å²) >= 11 is 12.8. The standard InChI is InChI=1S/C16H12Br2N2S/c1-10-7-12(17)15(13(18)8-10)20-14(9-19-16(20)21)11-5-3-2-4-6-11/h2-9H,1H3,(H,19,21). The quantitative estimate of drug-likeness (QED) is 0.498. The van der Waals surface area contributed by atoms with E-state index in [1.807, 2.05) is 29.0 Å². The molecule has 0 radical (unpaired) electrons. The molecular weight excluding hydrogens is 412 g/mol. The van der Waals surface area contributed by atoms with Crippen LogP contribution >= 0.6 is 44.1 Å². The van der Waals surface area contributed by atoms with E-state index in [4.69, 9.17) is 12.2 Å². The van der Waals surface area contributed by atoms with Gasteiger partial charge in [-0.05, 0) is 68.7 Å². The van der Waals surface area contributed by atoms with Crippen LogP contribution in [0.15, 0.2) is 57.6 Å². The summed E-state index contributed by atoms with van der Waals surface area (Å²) in [4.78, 5) is 3.14. The van der Waals surface area contributed by atoms with Crippen LogP contribution in [0, 0.1) is 11.7 Å². The zero-order valence-electron chi connectivity index (χ0n) is 11.2. The molecule has 1 N–H and O–H groups in total. The molecule has 106 valence electrons. The smallest absolute Gasteiger partial charge is 0.182 e. The van der Waals surface area contributed by atoms with Gasteiger partial charge in [-0.3, -0.25) is 4.57 Å². The fraction of sp³-hybridized carbons (Fsp3) is 0.0625. The molecule has 0 saturated heterocycles. The SMILES string of the molecule is Cc1cc(Br)c(-n2c(-c3ccccc3)c[nH]c2=S)c(Br)c1. The Morgan fingerprint density at radius 3 is 2.29 bits per heavy atom. The first-order chi connectivity index (χ1) is 10.1. The van der Waals surface area contributed by atoms with Crippen LogP contribution in [-0.4, -0.2) is 9.55 Å². The van der Waals surface area contributed by atoms with Gasteiger partial charge >= 0.3 is 0 Å². The number of aromatic amines is 1. The van der Waals surface area contributed by atoms with Crippen LogP contribution in [0.3, 0.4) is 0 Å². The molecule has 0 atom stereocenters. The first-order valence-corrected chi connectivity index (χ1v) is 8.39. The number of hydrogen-bond donors (Lipinski definition) is 1. The maximum atomic E-state index is 5.47. The molecule has 21 heavy (non-hydrogen) atoms. The third-order valence-electron chi connectivity index (χ3n) is 3.23.